The minimum Gasteiger partial charge on any atom is -0.448 e. The largest absolute Gasteiger partial charge is 0.448 e. The molecular weight excluding hydrogens is 548 g/mol. The fourth-order valence-electron chi connectivity index (χ4n) is 5.15. The van der Waals surface area contributed by atoms with Crippen LogP contribution in [0.1, 0.15) is 54.3 Å². The molecule has 0 spiro atoms. The summed E-state index contributed by atoms with van der Waals surface area (Å²) in [5.74, 6) is 0.835. The highest BCUT2D eigenvalue weighted by Crippen LogP contribution is 2.45. The van der Waals surface area contributed by atoms with Crippen LogP contribution in [0.4, 0.5) is 4.79 Å². The van der Waals surface area contributed by atoms with Crippen molar-refractivity contribution in [3.8, 4) is 22.6 Å². The van der Waals surface area contributed by atoms with Gasteiger partial charge in [-0.25, -0.2) is 9.78 Å². The summed E-state index contributed by atoms with van der Waals surface area (Å²) in [7, 11) is 0. The number of furan rings is 1. The van der Waals surface area contributed by atoms with Crippen LogP contribution >= 0.6 is 15.9 Å². The summed E-state index contributed by atoms with van der Waals surface area (Å²) in [5, 5.41) is 2.99. The summed E-state index contributed by atoms with van der Waals surface area (Å²) in [6.45, 7) is 6.83. The van der Waals surface area contributed by atoms with E-state index in [4.69, 9.17) is 9.15 Å². The maximum atomic E-state index is 13.4. The number of ether oxygens (including phenoxy) is 1. The van der Waals surface area contributed by atoms with Crippen molar-refractivity contribution in [3.05, 3.63) is 88.0 Å². The number of amides is 2. The molecule has 0 fully saturated rings. The van der Waals surface area contributed by atoms with Crippen LogP contribution in [0.3, 0.4) is 0 Å². The maximum Gasteiger partial charge on any atom is 0.411 e. The molecule has 2 aromatic carbocycles. The monoisotopic (exact) mass is 574 g/mol. The van der Waals surface area contributed by atoms with E-state index < -0.39 is 17.7 Å². The van der Waals surface area contributed by atoms with Crippen molar-refractivity contribution >= 4 is 27.9 Å². The Hall–Kier alpha value is -3.85. The van der Waals surface area contributed by atoms with Crippen LogP contribution in [0.15, 0.2) is 69.8 Å². The van der Waals surface area contributed by atoms with Crippen molar-refractivity contribution in [2.45, 2.75) is 45.5 Å². The molecule has 4 aromatic rings. The van der Waals surface area contributed by atoms with Crippen molar-refractivity contribution in [2.75, 3.05) is 6.54 Å². The van der Waals surface area contributed by atoms with Crippen LogP contribution in [0, 0.1) is 0 Å². The molecule has 6 rings (SSSR count). The van der Waals surface area contributed by atoms with Gasteiger partial charge in [0, 0.05) is 29.8 Å². The number of nitrogens with one attached hydrogen (secondary N) is 1. The molecular formula is C29H27BrN4O4. The molecule has 3 heterocycles. The number of fused-ring (bicyclic) bond motifs is 4. The summed E-state index contributed by atoms with van der Waals surface area (Å²) in [5.41, 5.74) is 4.55. The summed E-state index contributed by atoms with van der Waals surface area (Å²) in [4.78, 5) is 33.0. The first kappa shape index (κ1) is 24.5. The van der Waals surface area contributed by atoms with Crippen LogP contribution in [0.5, 0.6) is 0 Å². The lowest BCUT2D eigenvalue weighted by Gasteiger charge is -2.29. The number of nitrogens with zero attached hydrogens (tertiary/aromatic N) is 3. The minimum absolute atomic E-state index is 0.215. The Bertz CT molecular complexity index is 1520. The highest BCUT2D eigenvalue weighted by Gasteiger charge is 2.35. The normalized spacial score (nSPS) is 14.6. The Labute approximate surface area is 228 Å². The van der Waals surface area contributed by atoms with E-state index in [1.807, 2.05) is 61.7 Å². The third-order valence-corrected chi connectivity index (χ3v) is 7.16. The Balaban J connectivity index is 1.29. The molecule has 2 aromatic heterocycles. The van der Waals surface area contributed by atoms with E-state index in [-0.39, 0.29) is 18.1 Å². The third-order valence-electron chi connectivity index (χ3n) is 6.74. The van der Waals surface area contributed by atoms with Crippen LogP contribution in [0.25, 0.3) is 22.6 Å². The smallest absolute Gasteiger partial charge is 0.411 e. The van der Waals surface area contributed by atoms with Gasteiger partial charge in [-0.15, -0.1) is 0 Å². The van der Waals surface area contributed by atoms with Crippen molar-refractivity contribution in [3.63, 3.8) is 0 Å². The van der Waals surface area contributed by atoms with Gasteiger partial charge < -0.3 is 19.0 Å². The predicted molar refractivity (Wildman–Crippen MR) is 145 cm³/mol. The van der Waals surface area contributed by atoms with Gasteiger partial charge in [0.1, 0.15) is 11.5 Å². The Morgan fingerprint density at radius 1 is 1.00 bits per heavy atom. The van der Waals surface area contributed by atoms with Crippen molar-refractivity contribution in [1.29, 1.82) is 0 Å². The second kappa shape index (κ2) is 9.16. The van der Waals surface area contributed by atoms with E-state index in [1.165, 1.54) is 0 Å². The topological polar surface area (TPSA) is 89.6 Å². The number of halogens is 1. The van der Waals surface area contributed by atoms with Crippen LogP contribution in [0.2, 0.25) is 0 Å². The molecule has 1 aliphatic heterocycles. The van der Waals surface area contributed by atoms with Gasteiger partial charge >= 0.3 is 6.09 Å². The lowest BCUT2D eigenvalue weighted by Crippen LogP contribution is -2.41. The second-order valence-electron chi connectivity index (χ2n) is 10.5. The third kappa shape index (κ3) is 4.30. The van der Waals surface area contributed by atoms with E-state index in [9.17, 15) is 9.59 Å². The number of hydrogen-bond donors (Lipinski definition) is 1. The average Bonchev–Trinajstić information content (AvgIpc) is 3.57. The number of rotatable bonds is 3. The minimum atomic E-state index is -0.472. The first-order valence-electron chi connectivity index (χ1n) is 12.5. The lowest BCUT2D eigenvalue weighted by atomic mass is 10.1. The highest BCUT2D eigenvalue weighted by atomic mass is 79.9. The molecule has 194 valence electrons. The zero-order chi connectivity index (χ0) is 26.6. The van der Waals surface area contributed by atoms with E-state index in [2.05, 4.69) is 38.4 Å². The number of imidazole rings is 1. The van der Waals surface area contributed by atoms with Gasteiger partial charge in [-0.3, -0.25) is 9.69 Å². The molecule has 8 nitrogen and oxygen atoms in total. The standard InChI is InChI=1S/C29H27BrN4O4/c1-29(2,3)32-27(35)24-25(21-12-13-22(30)37-21)34-15-14-33(16-23(34)31-24)28(36)38-26-19-10-6-4-8-17(19)18-9-5-7-11-20(18)26/h4-13,26H,14-16H2,1-3H3,(H,32,35). The summed E-state index contributed by atoms with van der Waals surface area (Å²) < 4.78 is 14.4. The molecule has 1 aliphatic carbocycles. The number of aromatic nitrogens is 2. The molecule has 0 saturated carbocycles. The van der Waals surface area contributed by atoms with E-state index >= 15 is 0 Å². The molecule has 0 bridgehead atoms. The van der Waals surface area contributed by atoms with Gasteiger partial charge in [0.05, 0.1) is 6.54 Å². The van der Waals surface area contributed by atoms with Crippen LogP contribution < -0.4 is 5.32 Å². The van der Waals surface area contributed by atoms with E-state index in [0.717, 1.165) is 22.3 Å². The van der Waals surface area contributed by atoms with Gasteiger partial charge in [0.25, 0.3) is 5.91 Å². The highest BCUT2D eigenvalue weighted by molar-refractivity contribution is 9.10. The fraction of sp³-hybridized carbons (Fsp3) is 0.276. The second-order valence-corrected chi connectivity index (χ2v) is 11.3. The molecule has 0 saturated heterocycles. The van der Waals surface area contributed by atoms with E-state index in [0.29, 0.717) is 35.0 Å². The lowest BCUT2D eigenvalue weighted by molar-refractivity contribution is 0.0701. The predicted octanol–water partition coefficient (Wildman–Crippen LogP) is 6.16. The SMILES string of the molecule is CC(C)(C)NC(=O)c1nc2n(c1-c1ccc(Br)o1)CCN(C(=O)OC1c3ccccc3-c3ccccc31)C2. The van der Waals surface area contributed by atoms with Gasteiger partial charge in [-0.1, -0.05) is 48.5 Å². The number of benzene rings is 2. The average molecular weight is 575 g/mol. The molecule has 0 atom stereocenters. The zero-order valence-electron chi connectivity index (χ0n) is 21.3. The Morgan fingerprint density at radius 3 is 2.26 bits per heavy atom. The first-order valence-corrected chi connectivity index (χ1v) is 13.3. The molecule has 9 heteroatoms. The number of carbonyl (C=O) groups is 2. The first-order chi connectivity index (χ1) is 18.2. The van der Waals surface area contributed by atoms with Gasteiger partial charge in [0.2, 0.25) is 0 Å². The Morgan fingerprint density at radius 2 is 1.66 bits per heavy atom. The summed E-state index contributed by atoms with van der Waals surface area (Å²) in [6.07, 6.45) is -0.889. The molecule has 0 radical (unpaired) electrons. The quantitative estimate of drug-likeness (QED) is 0.316. The van der Waals surface area contributed by atoms with E-state index in [1.54, 1.807) is 17.0 Å². The molecule has 0 unspecified atom stereocenters. The van der Waals surface area contributed by atoms with Gasteiger partial charge in [0.15, 0.2) is 22.2 Å². The van der Waals surface area contributed by atoms with Crippen LogP contribution in [-0.2, 0) is 17.8 Å². The molecule has 1 N–H and O–H groups in total. The fourth-order valence-corrected chi connectivity index (χ4v) is 5.45. The van der Waals surface area contributed by atoms with Crippen LogP contribution in [-0.4, -0.2) is 38.5 Å². The summed E-state index contributed by atoms with van der Waals surface area (Å²) >= 11 is 3.35. The summed E-state index contributed by atoms with van der Waals surface area (Å²) in [6, 6.07) is 19.6. The number of carbonyl (C=O) groups excluding carboxylic acids is 2. The zero-order valence-corrected chi connectivity index (χ0v) is 22.9. The van der Waals surface area contributed by atoms with Crippen molar-refractivity contribution in [1.82, 2.24) is 19.8 Å². The van der Waals surface area contributed by atoms with Crippen molar-refractivity contribution < 1.29 is 18.7 Å². The maximum absolute atomic E-state index is 13.4. The Kier molecular flexibility index (Phi) is 5.90. The van der Waals surface area contributed by atoms with Gasteiger partial charge in [-0.2, -0.15) is 0 Å². The van der Waals surface area contributed by atoms with Crippen molar-refractivity contribution in [2.24, 2.45) is 0 Å². The van der Waals surface area contributed by atoms with Gasteiger partial charge in [-0.05, 0) is 60.0 Å². The number of hydrogen-bond acceptors (Lipinski definition) is 5. The molecule has 38 heavy (non-hydrogen) atoms. The molecule has 2 amide bonds. The molecule has 2 aliphatic rings.